The van der Waals surface area contributed by atoms with E-state index in [1.165, 1.54) is 18.7 Å². The molecule has 7 heavy (non-hydrogen) atoms. The first-order valence-electron chi connectivity index (χ1n) is 1.97. The van der Waals surface area contributed by atoms with Gasteiger partial charge in [0.25, 0.3) is 0 Å². The van der Waals surface area contributed by atoms with Crippen molar-refractivity contribution in [2.75, 3.05) is 0 Å². The van der Waals surface area contributed by atoms with Crippen LogP contribution in [0.2, 0.25) is 0 Å². The fourth-order valence-electron chi connectivity index (χ4n) is 0.245. The Morgan fingerprint density at radius 1 is 1.57 bits per heavy atom. The number of hydrogen-bond acceptors (Lipinski definition) is 2. The van der Waals surface area contributed by atoms with Crippen molar-refractivity contribution in [2.24, 2.45) is 0 Å². The zero-order valence-corrected chi connectivity index (χ0v) is 5.34. The van der Waals surface area contributed by atoms with E-state index >= 15 is 0 Å². The van der Waals surface area contributed by atoms with Crippen LogP contribution in [0, 0.1) is 0 Å². The number of carbonyl (C=O) groups excluding carboxylic acids is 1. The van der Waals surface area contributed by atoms with Gasteiger partial charge in [-0.1, -0.05) is 18.3 Å². The van der Waals surface area contributed by atoms with Gasteiger partial charge in [-0.25, -0.2) is 0 Å². The van der Waals surface area contributed by atoms with Crippen LogP contribution >= 0.6 is 11.8 Å². The molecule has 0 heterocycles. The fraction of sp³-hybridized carbons (Fsp3) is 0.400. The van der Waals surface area contributed by atoms with Gasteiger partial charge in [0.05, 0.1) is 0 Å². The first-order chi connectivity index (χ1) is 3.13. The molecule has 2 heteroatoms. The molecule has 0 fully saturated rings. The molecule has 0 atom stereocenters. The van der Waals surface area contributed by atoms with Crippen LogP contribution < -0.4 is 0 Å². The first kappa shape index (κ1) is 6.76. The minimum absolute atomic E-state index is 0.104. The van der Waals surface area contributed by atoms with Gasteiger partial charge in [-0.2, -0.15) is 0 Å². The molecule has 0 radical (unpaired) electrons. The Morgan fingerprint density at radius 3 is 2.00 bits per heavy atom. The molecule has 0 aromatic heterocycles. The van der Waals surface area contributed by atoms with Gasteiger partial charge in [-0.15, -0.1) is 0 Å². The summed E-state index contributed by atoms with van der Waals surface area (Å²) < 4.78 is 0. The van der Waals surface area contributed by atoms with Gasteiger partial charge in [0.15, 0.2) is 5.12 Å². The first-order valence-corrected chi connectivity index (χ1v) is 2.78. The highest BCUT2D eigenvalue weighted by Crippen LogP contribution is 2.10. The van der Waals surface area contributed by atoms with Gasteiger partial charge < -0.3 is 0 Å². The smallest absolute Gasteiger partial charge is 0.190 e. The number of rotatable bonds is 1. The summed E-state index contributed by atoms with van der Waals surface area (Å²) in [6, 6.07) is 0. The Hall–Kier alpha value is -0.240. The molecule has 0 aliphatic rings. The zero-order chi connectivity index (χ0) is 5.86. The molecule has 0 rings (SSSR count). The molecule has 0 saturated heterocycles. The second kappa shape index (κ2) is 2.86. The standard InChI is InChI=1S/C5H8OS/c1-4(2)7-5(3)6/h1H2,2-3H3. The van der Waals surface area contributed by atoms with Crippen molar-refractivity contribution in [1.29, 1.82) is 0 Å². The lowest BCUT2D eigenvalue weighted by atomic mass is 10.8. The Balaban J connectivity index is 3.32. The highest BCUT2D eigenvalue weighted by Gasteiger charge is 1.89. The largest absolute Gasteiger partial charge is 0.287 e. The fourth-order valence-corrected chi connectivity index (χ4v) is 0.736. The molecule has 0 aliphatic heterocycles. The van der Waals surface area contributed by atoms with Crippen LogP contribution in [0.5, 0.6) is 0 Å². The summed E-state index contributed by atoms with van der Waals surface area (Å²) in [6.45, 7) is 6.88. The van der Waals surface area contributed by atoms with Crippen LogP contribution in [0.25, 0.3) is 0 Å². The van der Waals surface area contributed by atoms with Crippen LogP contribution in [-0.2, 0) is 4.79 Å². The summed E-state index contributed by atoms with van der Waals surface area (Å²) in [7, 11) is 0. The summed E-state index contributed by atoms with van der Waals surface area (Å²) in [5.74, 6) is 0. The summed E-state index contributed by atoms with van der Waals surface area (Å²) in [6.07, 6.45) is 0. The topological polar surface area (TPSA) is 17.1 Å². The molecule has 0 unspecified atom stereocenters. The molecule has 0 aromatic rings. The van der Waals surface area contributed by atoms with E-state index in [2.05, 4.69) is 6.58 Å². The summed E-state index contributed by atoms with van der Waals surface area (Å²) in [5.41, 5.74) is 0. The summed E-state index contributed by atoms with van der Waals surface area (Å²) >= 11 is 1.18. The average molecular weight is 116 g/mol. The third-order valence-corrected chi connectivity index (χ3v) is 0.954. The van der Waals surface area contributed by atoms with Crippen molar-refractivity contribution in [3.8, 4) is 0 Å². The van der Waals surface area contributed by atoms with Crippen molar-refractivity contribution < 1.29 is 4.79 Å². The molecule has 0 aromatic carbocycles. The molecule has 0 saturated carbocycles. The van der Waals surface area contributed by atoms with Crippen LogP contribution in [0.4, 0.5) is 0 Å². The SMILES string of the molecule is C=C(C)SC(C)=O. The minimum atomic E-state index is 0.104. The second-order valence-corrected chi connectivity index (χ2v) is 2.77. The quantitative estimate of drug-likeness (QED) is 0.519. The molecular weight excluding hydrogens is 108 g/mol. The van der Waals surface area contributed by atoms with Crippen molar-refractivity contribution in [2.45, 2.75) is 13.8 Å². The van der Waals surface area contributed by atoms with Gasteiger partial charge in [0.1, 0.15) is 0 Å². The van der Waals surface area contributed by atoms with E-state index in [0.29, 0.717) is 0 Å². The van der Waals surface area contributed by atoms with E-state index in [-0.39, 0.29) is 5.12 Å². The van der Waals surface area contributed by atoms with Gasteiger partial charge in [-0.05, 0) is 11.8 Å². The monoisotopic (exact) mass is 116 g/mol. The molecule has 0 amide bonds. The number of thioether (sulfide) groups is 1. The Bertz CT molecular complexity index is 84.3. The molecule has 0 bridgehead atoms. The minimum Gasteiger partial charge on any atom is -0.287 e. The predicted molar refractivity (Wildman–Crippen MR) is 33.1 cm³/mol. The van der Waals surface area contributed by atoms with Gasteiger partial charge >= 0.3 is 0 Å². The number of hydrogen-bond donors (Lipinski definition) is 0. The van der Waals surface area contributed by atoms with E-state index in [9.17, 15) is 4.79 Å². The van der Waals surface area contributed by atoms with Crippen molar-refractivity contribution >= 4 is 16.9 Å². The Labute approximate surface area is 47.8 Å². The molecule has 0 N–H and O–H groups in total. The van der Waals surface area contributed by atoms with E-state index < -0.39 is 0 Å². The molecular formula is C5H8OS. The zero-order valence-electron chi connectivity index (χ0n) is 4.52. The number of carbonyl (C=O) groups is 1. The maximum absolute atomic E-state index is 10.2. The second-order valence-electron chi connectivity index (χ2n) is 1.30. The van der Waals surface area contributed by atoms with Crippen LogP contribution in [-0.4, -0.2) is 5.12 Å². The summed E-state index contributed by atoms with van der Waals surface area (Å²) in [4.78, 5) is 11.0. The van der Waals surface area contributed by atoms with E-state index in [1.807, 2.05) is 6.92 Å². The van der Waals surface area contributed by atoms with E-state index in [4.69, 9.17) is 0 Å². The van der Waals surface area contributed by atoms with E-state index in [0.717, 1.165) is 4.91 Å². The lowest BCUT2D eigenvalue weighted by Gasteiger charge is -1.87. The number of allylic oxidation sites excluding steroid dienone is 1. The predicted octanol–water partition coefficient (Wildman–Crippen LogP) is 1.80. The lowest BCUT2D eigenvalue weighted by Crippen LogP contribution is -1.76. The third-order valence-electron chi connectivity index (χ3n) is 0.318. The lowest BCUT2D eigenvalue weighted by molar-refractivity contribution is -0.109. The van der Waals surface area contributed by atoms with Gasteiger partial charge in [0.2, 0.25) is 0 Å². The molecule has 0 spiro atoms. The summed E-state index contributed by atoms with van der Waals surface area (Å²) in [5, 5.41) is 0.104. The highest BCUT2D eigenvalue weighted by molar-refractivity contribution is 8.16. The van der Waals surface area contributed by atoms with Gasteiger partial charge in [-0.3, -0.25) is 4.79 Å². The molecule has 40 valence electrons. The third kappa shape index (κ3) is 5.76. The van der Waals surface area contributed by atoms with Crippen molar-refractivity contribution in [3.63, 3.8) is 0 Å². The van der Waals surface area contributed by atoms with Crippen LogP contribution in [0.15, 0.2) is 11.5 Å². The maximum Gasteiger partial charge on any atom is 0.190 e. The maximum atomic E-state index is 10.2. The van der Waals surface area contributed by atoms with Crippen LogP contribution in [0.1, 0.15) is 13.8 Å². The van der Waals surface area contributed by atoms with Gasteiger partial charge in [0, 0.05) is 6.92 Å². The highest BCUT2D eigenvalue weighted by atomic mass is 32.2. The molecule has 0 aliphatic carbocycles. The Kier molecular flexibility index (Phi) is 2.76. The average Bonchev–Trinajstić information content (AvgIpc) is 1.27. The Morgan fingerprint density at radius 2 is 2.00 bits per heavy atom. The van der Waals surface area contributed by atoms with Crippen molar-refractivity contribution in [1.82, 2.24) is 0 Å². The van der Waals surface area contributed by atoms with Crippen molar-refractivity contribution in [3.05, 3.63) is 11.5 Å². The molecule has 1 nitrogen and oxygen atoms in total. The van der Waals surface area contributed by atoms with E-state index in [1.54, 1.807) is 0 Å². The normalized spacial score (nSPS) is 8.29. The van der Waals surface area contributed by atoms with Crippen LogP contribution in [0.3, 0.4) is 0 Å².